The minimum absolute atomic E-state index is 0.0153. The number of allylic oxidation sites excluding steroid dienone is 2. The lowest BCUT2D eigenvalue weighted by molar-refractivity contribution is 0.0954. The second-order valence-electron chi connectivity index (χ2n) is 3.01. The lowest BCUT2D eigenvalue weighted by Crippen LogP contribution is -2.23. The van der Waals surface area contributed by atoms with Gasteiger partial charge in [-0.3, -0.25) is 9.79 Å². The van der Waals surface area contributed by atoms with Crippen LogP contribution in [0.1, 0.15) is 22.4 Å². The maximum Gasteiger partial charge on any atom is 0.271 e. The molecule has 1 aromatic rings. The summed E-state index contributed by atoms with van der Waals surface area (Å²) in [6, 6.07) is 1.84. The van der Waals surface area contributed by atoms with E-state index in [0.29, 0.717) is 5.69 Å². The monoisotopic (exact) mass is 248 g/mol. The molecule has 6 heteroatoms. The Bertz CT molecular complexity index is 496. The number of hydrogen-bond acceptors (Lipinski definition) is 5. The highest BCUT2D eigenvalue weighted by Crippen LogP contribution is 2.18. The zero-order chi connectivity index (χ0) is 12.7. The molecule has 0 atom stereocenters. The average molecular weight is 248 g/mol. The molecule has 1 N–H and O–H groups in total. The van der Waals surface area contributed by atoms with Crippen molar-refractivity contribution in [2.75, 3.05) is 13.6 Å². The predicted molar refractivity (Wildman–Crippen MR) is 68.1 cm³/mol. The third kappa shape index (κ3) is 3.50. The Kier molecular flexibility index (Phi) is 5.04. The van der Waals surface area contributed by atoms with E-state index in [9.17, 15) is 4.79 Å². The van der Waals surface area contributed by atoms with Crippen molar-refractivity contribution in [1.82, 2.24) is 10.3 Å². The topological polar surface area (TPSA) is 78.1 Å². The van der Waals surface area contributed by atoms with Crippen LogP contribution in [0.15, 0.2) is 16.4 Å². The number of nitrogens with one attached hydrogen (secondary N) is 1. The van der Waals surface area contributed by atoms with Gasteiger partial charge in [-0.05, 0) is 6.92 Å². The molecule has 1 amide bonds. The van der Waals surface area contributed by atoms with Gasteiger partial charge in [0, 0.05) is 24.2 Å². The van der Waals surface area contributed by atoms with Gasteiger partial charge in [-0.25, -0.2) is 4.98 Å². The Morgan fingerprint density at radius 2 is 2.53 bits per heavy atom. The number of aliphatic imine (C=N–C) groups is 1. The van der Waals surface area contributed by atoms with E-state index in [4.69, 9.17) is 5.26 Å². The molecular weight excluding hydrogens is 236 g/mol. The van der Waals surface area contributed by atoms with E-state index in [1.165, 1.54) is 11.3 Å². The van der Waals surface area contributed by atoms with Crippen molar-refractivity contribution < 1.29 is 4.79 Å². The number of amides is 1. The van der Waals surface area contributed by atoms with E-state index in [-0.39, 0.29) is 12.5 Å². The summed E-state index contributed by atoms with van der Waals surface area (Å²) in [6.45, 7) is 1.87. The number of aromatic nitrogens is 1. The Hall–Kier alpha value is -2.00. The van der Waals surface area contributed by atoms with Crippen LogP contribution in [0.3, 0.4) is 0 Å². The number of carbonyl (C=O) groups excluding carboxylic acids is 1. The van der Waals surface area contributed by atoms with Gasteiger partial charge in [-0.2, -0.15) is 5.26 Å². The van der Waals surface area contributed by atoms with Crippen LogP contribution < -0.4 is 5.32 Å². The Morgan fingerprint density at radius 3 is 3.12 bits per heavy atom. The van der Waals surface area contributed by atoms with Crippen LogP contribution in [-0.4, -0.2) is 30.7 Å². The van der Waals surface area contributed by atoms with Crippen LogP contribution in [-0.2, 0) is 0 Å². The van der Waals surface area contributed by atoms with Gasteiger partial charge < -0.3 is 5.32 Å². The van der Waals surface area contributed by atoms with Crippen molar-refractivity contribution in [3.05, 3.63) is 22.2 Å². The lowest BCUT2D eigenvalue weighted by Gasteiger charge is -1.96. The summed E-state index contributed by atoms with van der Waals surface area (Å²) in [5.41, 5.74) is 1.20. The third-order valence-corrected chi connectivity index (χ3v) is 2.78. The quantitative estimate of drug-likeness (QED) is 0.648. The number of rotatable bonds is 4. The molecule has 0 saturated heterocycles. The third-order valence-electron chi connectivity index (χ3n) is 1.89. The molecule has 0 spiro atoms. The zero-order valence-corrected chi connectivity index (χ0v) is 10.4. The first kappa shape index (κ1) is 13.1. The molecule has 1 rings (SSSR count). The summed E-state index contributed by atoms with van der Waals surface area (Å²) in [5.74, 6) is -0.335. The highest BCUT2D eigenvalue weighted by atomic mass is 32.1. The maximum atomic E-state index is 11.5. The van der Waals surface area contributed by atoms with E-state index in [1.54, 1.807) is 18.6 Å². The summed E-state index contributed by atoms with van der Waals surface area (Å²) in [7, 11) is 1.68. The molecule has 0 aromatic carbocycles. The van der Waals surface area contributed by atoms with E-state index in [2.05, 4.69) is 15.3 Å². The summed E-state index contributed by atoms with van der Waals surface area (Å²) in [4.78, 5) is 19.6. The Morgan fingerprint density at radius 1 is 1.76 bits per heavy atom. The van der Waals surface area contributed by atoms with Gasteiger partial charge in [0.05, 0.1) is 6.07 Å². The summed E-state index contributed by atoms with van der Waals surface area (Å²) in [6.07, 6.45) is 3.57. The highest BCUT2D eigenvalue weighted by Gasteiger charge is 2.11. The van der Waals surface area contributed by atoms with Gasteiger partial charge in [-0.1, -0.05) is 6.08 Å². The first-order valence-electron chi connectivity index (χ1n) is 4.92. The molecule has 5 nitrogen and oxygen atoms in total. The molecule has 1 aromatic heterocycles. The summed E-state index contributed by atoms with van der Waals surface area (Å²) < 4.78 is 0. The zero-order valence-electron chi connectivity index (χ0n) is 9.60. The van der Waals surface area contributed by atoms with Crippen molar-refractivity contribution in [3.8, 4) is 6.07 Å². The smallest absolute Gasteiger partial charge is 0.271 e. The van der Waals surface area contributed by atoms with E-state index in [0.717, 1.165) is 10.6 Å². The molecular formula is C11H12N4OS. The molecule has 0 saturated carbocycles. The fourth-order valence-corrected chi connectivity index (χ4v) is 1.95. The minimum atomic E-state index is -0.335. The first-order chi connectivity index (χ1) is 8.22. The number of carbonyl (C=O) groups is 1. The van der Waals surface area contributed by atoms with Crippen LogP contribution in [0.25, 0.3) is 5.57 Å². The first-order valence-corrected chi connectivity index (χ1v) is 5.80. The van der Waals surface area contributed by atoms with Crippen LogP contribution in [0.2, 0.25) is 0 Å². The van der Waals surface area contributed by atoms with Crippen molar-refractivity contribution >= 4 is 29.0 Å². The summed E-state index contributed by atoms with van der Waals surface area (Å²) in [5, 5.41) is 13.2. The van der Waals surface area contributed by atoms with Crippen molar-refractivity contribution in [2.45, 2.75) is 6.92 Å². The maximum absolute atomic E-state index is 11.5. The number of nitriles is 1. The number of thiazole rings is 1. The van der Waals surface area contributed by atoms with Crippen molar-refractivity contribution in [1.29, 1.82) is 5.26 Å². The van der Waals surface area contributed by atoms with Gasteiger partial charge >= 0.3 is 0 Å². The second-order valence-corrected chi connectivity index (χ2v) is 3.87. The fraction of sp³-hybridized carbons (Fsp3) is 0.273. The van der Waals surface area contributed by atoms with Gasteiger partial charge in [0.15, 0.2) is 0 Å². The molecule has 0 radical (unpaired) electrons. The standard InChI is InChI=1S/C11H12N4OS/c1-3-8(6-13-2)11-15-9(7-17-11)10(16)14-5-4-12/h3,6-7H,5H2,1-2H3,(H,14,16)/b8-3+,13-6?. The highest BCUT2D eigenvalue weighted by molar-refractivity contribution is 7.11. The van der Waals surface area contributed by atoms with E-state index in [1.807, 2.05) is 19.1 Å². The Labute approximate surface area is 104 Å². The number of hydrogen-bond donors (Lipinski definition) is 1. The van der Waals surface area contributed by atoms with Crippen LogP contribution in [0, 0.1) is 11.3 Å². The second kappa shape index (κ2) is 6.55. The molecule has 0 aliphatic carbocycles. The van der Waals surface area contributed by atoms with Gasteiger partial charge in [0.1, 0.15) is 17.2 Å². The molecule has 1 heterocycles. The minimum Gasteiger partial charge on any atom is -0.338 e. The average Bonchev–Trinajstić information content (AvgIpc) is 2.82. The molecule has 0 fully saturated rings. The molecule has 0 aliphatic heterocycles. The van der Waals surface area contributed by atoms with E-state index >= 15 is 0 Å². The normalized spacial score (nSPS) is 11.5. The molecule has 0 unspecified atom stereocenters. The predicted octanol–water partition coefficient (Wildman–Crippen LogP) is 1.50. The van der Waals surface area contributed by atoms with Crippen molar-refractivity contribution in [2.24, 2.45) is 4.99 Å². The number of nitrogens with zero attached hydrogens (tertiary/aromatic N) is 3. The van der Waals surface area contributed by atoms with Crippen molar-refractivity contribution in [3.63, 3.8) is 0 Å². The Balaban J connectivity index is 2.85. The largest absolute Gasteiger partial charge is 0.338 e. The SMILES string of the molecule is C/C=C(\C=NC)c1nc(C(=O)NCC#N)cs1. The van der Waals surface area contributed by atoms with Gasteiger partial charge in [0.25, 0.3) is 5.91 Å². The van der Waals surface area contributed by atoms with Gasteiger partial charge in [-0.15, -0.1) is 11.3 Å². The molecule has 17 heavy (non-hydrogen) atoms. The fourth-order valence-electron chi connectivity index (χ4n) is 1.11. The van der Waals surface area contributed by atoms with Gasteiger partial charge in [0.2, 0.25) is 0 Å². The molecule has 0 bridgehead atoms. The lowest BCUT2D eigenvalue weighted by atomic mass is 10.3. The molecule has 0 aliphatic rings. The van der Waals surface area contributed by atoms with Crippen LogP contribution in [0.4, 0.5) is 0 Å². The van der Waals surface area contributed by atoms with Crippen LogP contribution in [0.5, 0.6) is 0 Å². The molecule has 88 valence electrons. The summed E-state index contributed by atoms with van der Waals surface area (Å²) >= 11 is 1.37. The van der Waals surface area contributed by atoms with E-state index < -0.39 is 0 Å². The van der Waals surface area contributed by atoms with Crippen LogP contribution >= 0.6 is 11.3 Å².